The summed E-state index contributed by atoms with van der Waals surface area (Å²) >= 11 is 7.26. The van der Waals surface area contributed by atoms with Crippen LogP contribution in [0.2, 0.25) is 5.02 Å². The van der Waals surface area contributed by atoms with Gasteiger partial charge in [0.25, 0.3) is 0 Å². The molecule has 1 aromatic heterocycles. The van der Waals surface area contributed by atoms with Crippen molar-refractivity contribution in [2.24, 2.45) is 11.8 Å². The highest BCUT2D eigenvalue weighted by atomic mass is 35.5. The van der Waals surface area contributed by atoms with Gasteiger partial charge in [-0.1, -0.05) is 23.7 Å². The SMILES string of the molecule is Cc1sc(NC(=O)C2C3CCC(O3)C2C(=O)[O-])c(C(=O)OC(C)C)c1-c1ccc(Cl)cc1. The molecular formula is C23H23ClNO6S-. The Morgan fingerprint density at radius 2 is 1.78 bits per heavy atom. The number of hydrogen-bond donors (Lipinski definition) is 1. The summed E-state index contributed by atoms with van der Waals surface area (Å²) in [5.74, 6) is -4.22. The lowest BCUT2D eigenvalue weighted by atomic mass is 9.78. The number of aliphatic carboxylic acids is 1. The Bertz CT molecular complexity index is 1060. The lowest BCUT2D eigenvalue weighted by molar-refractivity contribution is -0.313. The van der Waals surface area contributed by atoms with Gasteiger partial charge in [-0.05, 0) is 51.3 Å². The number of carbonyl (C=O) groups is 3. The number of anilines is 1. The largest absolute Gasteiger partial charge is 0.550 e. The van der Waals surface area contributed by atoms with Crippen molar-refractivity contribution in [1.82, 2.24) is 0 Å². The number of esters is 1. The van der Waals surface area contributed by atoms with Gasteiger partial charge in [0.1, 0.15) is 10.6 Å². The molecule has 4 unspecified atom stereocenters. The minimum atomic E-state index is -1.29. The Balaban J connectivity index is 1.71. The number of amides is 1. The van der Waals surface area contributed by atoms with Crippen LogP contribution in [0, 0.1) is 18.8 Å². The van der Waals surface area contributed by atoms with Crippen molar-refractivity contribution in [3.8, 4) is 11.1 Å². The highest BCUT2D eigenvalue weighted by molar-refractivity contribution is 7.17. The van der Waals surface area contributed by atoms with E-state index in [1.807, 2.05) is 6.92 Å². The maximum Gasteiger partial charge on any atom is 0.342 e. The van der Waals surface area contributed by atoms with Crippen LogP contribution in [-0.2, 0) is 19.1 Å². The van der Waals surface area contributed by atoms with Crippen LogP contribution in [0.25, 0.3) is 11.1 Å². The van der Waals surface area contributed by atoms with Crippen LogP contribution in [0.5, 0.6) is 0 Å². The quantitative estimate of drug-likeness (QED) is 0.640. The van der Waals surface area contributed by atoms with Crippen LogP contribution in [0.15, 0.2) is 24.3 Å². The molecule has 1 N–H and O–H groups in total. The first-order valence-electron chi connectivity index (χ1n) is 10.4. The van der Waals surface area contributed by atoms with Gasteiger partial charge < -0.3 is 24.7 Å². The smallest absolute Gasteiger partial charge is 0.342 e. The molecule has 4 rings (SSSR count). The summed E-state index contributed by atoms with van der Waals surface area (Å²) in [5, 5.41) is 15.4. The summed E-state index contributed by atoms with van der Waals surface area (Å²) in [6, 6.07) is 7.04. The Labute approximate surface area is 194 Å². The molecule has 2 aromatic rings. The number of carboxylic acid groups (broad SMARTS) is 1. The molecule has 7 nitrogen and oxygen atoms in total. The molecule has 0 radical (unpaired) electrons. The molecule has 0 saturated carbocycles. The fraction of sp³-hybridized carbons (Fsp3) is 0.435. The maximum atomic E-state index is 13.2. The Morgan fingerprint density at radius 1 is 1.16 bits per heavy atom. The monoisotopic (exact) mass is 476 g/mol. The van der Waals surface area contributed by atoms with E-state index in [-0.39, 0.29) is 11.7 Å². The minimum absolute atomic E-state index is 0.242. The van der Waals surface area contributed by atoms with Gasteiger partial charge in [-0.2, -0.15) is 0 Å². The molecule has 2 saturated heterocycles. The lowest BCUT2D eigenvalue weighted by Gasteiger charge is -2.27. The highest BCUT2D eigenvalue weighted by Crippen LogP contribution is 2.45. The maximum absolute atomic E-state index is 13.2. The van der Waals surface area contributed by atoms with Gasteiger partial charge in [-0.25, -0.2) is 4.79 Å². The van der Waals surface area contributed by atoms with Gasteiger partial charge in [-0.15, -0.1) is 11.3 Å². The number of halogens is 1. The van der Waals surface area contributed by atoms with Crippen LogP contribution in [0.4, 0.5) is 5.00 Å². The first-order chi connectivity index (χ1) is 15.2. The molecule has 170 valence electrons. The summed E-state index contributed by atoms with van der Waals surface area (Å²) in [6.45, 7) is 5.34. The van der Waals surface area contributed by atoms with Crippen molar-refractivity contribution in [3.05, 3.63) is 39.7 Å². The van der Waals surface area contributed by atoms with Gasteiger partial charge in [0, 0.05) is 27.4 Å². The molecule has 0 spiro atoms. The lowest BCUT2D eigenvalue weighted by Crippen LogP contribution is -2.46. The van der Waals surface area contributed by atoms with E-state index in [0.717, 1.165) is 10.4 Å². The van der Waals surface area contributed by atoms with Crippen LogP contribution < -0.4 is 10.4 Å². The van der Waals surface area contributed by atoms with E-state index in [0.29, 0.717) is 28.4 Å². The topological polar surface area (TPSA) is 105 Å². The number of fused-ring (bicyclic) bond motifs is 2. The molecule has 1 aromatic carbocycles. The fourth-order valence-corrected chi connectivity index (χ4v) is 5.76. The third kappa shape index (κ3) is 4.14. The highest BCUT2D eigenvalue weighted by Gasteiger charge is 2.53. The summed E-state index contributed by atoms with van der Waals surface area (Å²) in [4.78, 5) is 38.7. The average Bonchev–Trinajstić information content (AvgIpc) is 3.41. The zero-order valence-electron chi connectivity index (χ0n) is 17.8. The number of carboxylic acids is 1. The third-order valence-corrected chi connectivity index (χ3v) is 7.12. The number of rotatable bonds is 6. The number of benzene rings is 1. The number of nitrogens with one attached hydrogen (secondary N) is 1. The summed E-state index contributed by atoms with van der Waals surface area (Å²) in [7, 11) is 0. The molecule has 9 heteroatoms. The molecule has 4 atom stereocenters. The number of thiophene rings is 1. The Hall–Kier alpha value is -2.42. The van der Waals surface area contributed by atoms with Crippen molar-refractivity contribution >= 4 is 45.8 Å². The summed E-state index contributed by atoms with van der Waals surface area (Å²) < 4.78 is 11.1. The molecular weight excluding hydrogens is 454 g/mol. The molecule has 2 fully saturated rings. The van der Waals surface area contributed by atoms with Gasteiger partial charge in [0.15, 0.2) is 0 Å². The van der Waals surface area contributed by atoms with E-state index in [1.165, 1.54) is 11.3 Å². The van der Waals surface area contributed by atoms with E-state index < -0.39 is 41.9 Å². The van der Waals surface area contributed by atoms with Crippen molar-refractivity contribution in [2.75, 3.05) is 5.32 Å². The minimum Gasteiger partial charge on any atom is -0.550 e. The van der Waals surface area contributed by atoms with E-state index in [9.17, 15) is 19.5 Å². The standard InChI is InChI=1S/C23H24ClNO6S/c1-10(2)30-23(29)19-16(12-4-6-13(24)7-5-12)11(3)32-21(19)25-20(26)17-14-8-9-15(31-14)18(17)22(27)28/h4-7,10,14-15,17-18H,8-9H2,1-3H3,(H,25,26)(H,27,28)/p-1. The first-order valence-corrected chi connectivity index (χ1v) is 11.6. The van der Waals surface area contributed by atoms with Gasteiger partial charge in [-0.3, -0.25) is 4.79 Å². The van der Waals surface area contributed by atoms with Crippen molar-refractivity contribution in [1.29, 1.82) is 0 Å². The fourth-order valence-electron chi connectivity index (χ4n) is 4.57. The molecule has 2 aliphatic rings. The van der Waals surface area contributed by atoms with Gasteiger partial charge >= 0.3 is 5.97 Å². The number of hydrogen-bond acceptors (Lipinski definition) is 7. The average molecular weight is 477 g/mol. The zero-order valence-corrected chi connectivity index (χ0v) is 19.4. The second-order valence-corrected chi connectivity index (χ2v) is 10.0. The summed E-state index contributed by atoms with van der Waals surface area (Å²) in [6.07, 6.45) is -0.121. The van der Waals surface area contributed by atoms with Crippen molar-refractivity contribution < 1.29 is 29.0 Å². The molecule has 2 bridgehead atoms. The predicted molar refractivity (Wildman–Crippen MR) is 119 cm³/mol. The van der Waals surface area contributed by atoms with Crippen molar-refractivity contribution in [3.63, 3.8) is 0 Å². The normalized spacial score (nSPS) is 24.0. The van der Waals surface area contributed by atoms with Crippen molar-refractivity contribution in [2.45, 2.75) is 51.9 Å². The van der Waals surface area contributed by atoms with Crippen LogP contribution >= 0.6 is 22.9 Å². The molecule has 32 heavy (non-hydrogen) atoms. The molecule has 1 amide bonds. The van der Waals surface area contributed by atoms with E-state index >= 15 is 0 Å². The Morgan fingerprint density at radius 3 is 2.38 bits per heavy atom. The molecule has 3 heterocycles. The van der Waals surface area contributed by atoms with E-state index in [4.69, 9.17) is 21.1 Å². The molecule has 0 aliphatic carbocycles. The van der Waals surface area contributed by atoms with Crippen LogP contribution in [0.1, 0.15) is 41.9 Å². The number of ether oxygens (including phenoxy) is 2. The van der Waals surface area contributed by atoms with E-state index in [1.54, 1.807) is 38.1 Å². The number of carbonyl (C=O) groups excluding carboxylic acids is 3. The first kappa shape index (κ1) is 22.8. The zero-order chi connectivity index (χ0) is 23.2. The van der Waals surface area contributed by atoms with Gasteiger partial charge in [0.05, 0.1) is 24.2 Å². The number of aryl methyl sites for hydroxylation is 1. The predicted octanol–water partition coefficient (Wildman–Crippen LogP) is 3.42. The second-order valence-electron chi connectivity index (χ2n) is 8.35. The summed E-state index contributed by atoms with van der Waals surface area (Å²) in [5.41, 5.74) is 1.65. The van der Waals surface area contributed by atoms with Crippen LogP contribution in [-0.4, -0.2) is 36.2 Å². The Kier molecular flexibility index (Phi) is 6.29. The van der Waals surface area contributed by atoms with Gasteiger partial charge in [0.2, 0.25) is 5.91 Å². The second kappa shape index (κ2) is 8.84. The third-order valence-electron chi connectivity index (χ3n) is 5.85. The van der Waals surface area contributed by atoms with E-state index in [2.05, 4.69) is 5.32 Å². The molecule has 2 aliphatic heterocycles. The van der Waals surface area contributed by atoms with Crippen LogP contribution in [0.3, 0.4) is 0 Å².